The molecule has 0 amide bonds. The van der Waals surface area contributed by atoms with Crippen molar-refractivity contribution in [1.29, 1.82) is 0 Å². The maximum atomic E-state index is 5.74. The lowest BCUT2D eigenvalue weighted by Gasteiger charge is -2.09. The number of hydrogen-bond donors (Lipinski definition) is 0. The fraction of sp³-hybridized carbons (Fsp3) is 0.143. The lowest BCUT2D eigenvalue weighted by molar-refractivity contribution is 0.304. The zero-order valence-electron chi connectivity index (χ0n) is 9.82. The predicted octanol–water partition coefficient (Wildman–Crippen LogP) is 4.64. The summed E-state index contributed by atoms with van der Waals surface area (Å²) in [6, 6.07) is 13.8. The zero-order valence-corrected chi connectivity index (χ0v) is 13.6. The topological polar surface area (TPSA) is 18.5 Å². The molecule has 2 rings (SSSR count). The molecule has 2 aromatic rings. The Bertz CT molecular complexity index is 526. The summed E-state index contributed by atoms with van der Waals surface area (Å²) in [5, 5.41) is 0. The highest BCUT2D eigenvalue weighted by atomic mass is 127. The molecule has 0 spiro atoms. The molecule has 2 aromatic carbocycles. The van der Waals surface area contributed by atoms with Crippen molar-refractivity contribution < 1.29 is 9.47 Å². The molecule has 18 heavy (non-hydrogen) atoms. The highest BCUT2D eigenvalue weighted by Crippen LogP contribution is 2.24. The van der Waals surface area contributed by atoms with Crippen LogP contribution in [0.2, 0.25) is 0 Å². The van der Waals surface area contributed by atoms with Gasteiger partial charge in [0.05, 0.1) is 7.11 Å². The van der Waals surface area contributed by atoms with Crippen LogP contribution in [-0.4, -0.2) is 7.11 Å². The second-order valence-electron chi connectivity index (χ2n) is 3.70. The summed E-state index contributed by atoms with van der Waals surface area (Å²) in [7, 11) is 1.66. The third-order valence-corrected chi connectivity index (χ3v) is 3.95. The molecule has 0 aliphatic heterocycles. The van der Waals surface area contributed by atoms with Gasteiger partial charge in [0, 0.05) is 13.6 Å². The largest absolute Gasteiger partial charge is 0.497 e. The number of rotatable bonds is 4. The van der Waals surface area contributed by atoms with Crippen LogP contribution in [0.15, 0.2) is 46.9 Å². The van der Waals surface area contributed by atoms with Gasteiger partial charge >= 0.3 is 0 Å². The van der Waals surface area contributed by atoms with Crippen LogP contribution in [0.1, 0.15) is 5.56 Å². The van der Waals surface area contributed by atoms with E-state index in [9.17, 15) is 0 Å². The van der Waals surface area contributed by atoms with Gasteiger partial charge < -0.3 is 9.47 Å². The molecule has 2 nitrogen and oxygen atoms in total. The molecular formula is C14H12BrIO2. The Balaban J connectivity index is 2.07. The van der Waals surface area contributed by atoms with E-state index in [2.05, 4.69) is 38.5 Å². The van der Waals surface area contributed by atoms with Gasteiger partial charge in [0.1, 0.15) is 18.1 Å². The Morgan fingerprint density at radius 2 is 1.72 bits per heavy atom. The van der Waals surface area contributed by atoms with E-state index >= 15 is 0 Å². The lowest BCUT2D eigenvalue weighted by Crippen LogP contribution is -1.97. The Morgan fingerprint density at radius 1 is 1.06 bits per heavy atom. The molecule has 0 fully saturated rings. The monoisotopic (exact) mass is 418 g/mol. The van der Waals surface area contributed by atoms with Crippen molar-refractivity contribution in [2.75, 3.05) is 7.11 Å². The standard InChI is InChI=1S/C14H12BrIO2/c1-17-13-6-7-14(15)10(8-13)9-18-12-4-2-11(16)3-5-12/h2-8H,9H2,1H3. The average Bonchev–Trinajstić information content (AvgIpc) is 2.40. The first-order valence-electron chi connectivity index (χ1n) is 5.40. The number of methoxy groups -OCH3 is 1. The highest BCUT2D eigenvalue weighted by molar-refractivity contribution is 14.1. The van der Waals surface area contributed by atoms with Crippen molar-refractivity contribution >= 4 is 38.5 Å². The number of halogens is 2. The lowest BCUT2D eigenvalue weighted by atomic mass is 10.2. The van der Waals surface area contributed by atoms with Gasteiger partial charge in [-0.05, 0) is 65.1 Å². The quantitative estimate of drug-likeness (QED) is 0.673. The van der Waals surface area contributed by atoms with E-state index < -0.39 is 0 Å². The SMILES string of the molecule is COc1ccc(Br)c(COc2ccc(I)cc2)c1. The molecule has 0 radical (unpaired) electrons. The first kappa shape index (κ1) is 13.7. The van der Waals surface area contributed by atoms with Crippen molar-refractivity contribution in [3.05, 3.63) is 56.1 Å². The van der Waals surface area contributed by atoms with Crippen LogP contribution in [-0.2, 0) is 6.61 Å². The van der Waals surface area contributed by atoms with Gasteiger partial charge in [-0.25, -0.2) is 0 Å². The van der Waals surface area contributed by atoms with Crippen LogP contribution >= 0.6 is 38.5 Å². The molecule has 0 N–H and O–H groups in total. The summed E-state index contributed by atoms with van der Waals surface area (Å²) in [6.45, 7) is 0.512. The Hall–Kier alpha value is -0.750. The van der Waals surface area contributed by atoms with Crippen molar-refractivity contribution in [3.63, 3.8) is 0 Å². The molecule has 94 valence electrons. The normalized spacial score (nSPS) is 10.2. The van der Waals surface area contributed by atoms with Gasteiger partial charge in [-0.15, -0.1) is 0 Å². The van der Waals surface area contributed by atoms with Gasteiger partial charge in [-0.3, -0.25) is 0 Å². The van der Waals surface area contributed by atoms with Crippen LogP contribution in [0.5, 0.6) is 11.5 Å². The van der Waals surface area contributed by atoms with E-state index in [1.165, 1.54) is 3.57 Å². The minimum absolute atomic E-state index is 0.512. The summed E-state index contributed by atoms with van der Waals surface area (Å²) in [6.07, 6.45) is 0. The van der Waals surface area contributed by atoms with Crippen molar-refractivity contribution in [2.45, 2.75) is 6.61 Å². The van der Waals surface area contributed by atoms with Gasteiger partial charge in [-0.2, -0.15) is 0 Å². The van der Waals surface area contributed by atoms with E-state index in [4.69, 9.17) is 9.47 Å². The first-order chi connectivity index (χ1) is 8.69. The van der Waals surface area contributed by atoms with E-state index in [0.717, 1.165) is 21.5 Å². The Kier molecular flexibility index (Phi) is 4.88. The number of benzene rings is 2. The second kappa shape index (κ2) is 6.43. The average molecular weight is 419 g/mol. The predicted molar refractivity (Wildman–Crippen MR) is 84.2 cm³/mol. The van der Waals surface area contributed by atoms with Gasteiger partial charge in [0.25, 0.3) is 0 Å². The Morgan fingerprint density at radius 3 is 2.39 bits per heavy atom. The number of hydrogen-bond acceptors (Lipinski definition) is 2. The fourth-order valence-electron chi connectivity index (χ4n) is 1.48. The fourth-order valence-corrected chi connectivity index (χ4v) is 2.20. The minimum Gasteiger partial charge on any atom is -0.497 e. The molecule has 0 saturated heterocycles. The molecular weight excluding hydrogens is 407 g/mol. The van der Waals surface area contributed by atoms with E-state index in [0.29, 0.717) is 6.61 Å². The molecule has 0 aliphatic carbocycles. The molecule has 0 atom stereocenters. The summed E-state index contributed by atoms with van der Waals surface area (Å²) >= 11 is 5.78. The molecule has 0 bridgehead atoms. The van der Waals surface area contributed by atoms with Crippen LogP contribution in [0, 0.1) is 3.57 Å². The third-order valence-electron chi connectivity index (χ3n) is 2.46. The molecule has 0 aromatic heterocycles. The molecule has 0 aliphatic rings. The summed E-state index contributed by atoms with van der Waals surface area (Å²) < 4.78 is 13.2. The van der Waals surface area contributed by atoms with Crippen molar-refractivity contribution in [1.82, 2.24) is 0 Å². The molecule has 0 unspecified atom stereocenters. The second-order valence-corrected chi connectivity index (χ2v) is 5.80. The molecule has 0 saturated carbocycles. The summed E-state index contributed by atoms with van der Waals surface area (Å²) in [4.78, 5) is 0. The first-order valence-corrected chi connectivity index (χ1v) is 7.27. The zero-order chi connectivity index (χ0) is 13.0. The maximum Gasteiger partial charge on any atom is 0.119 e. The van der Waals surface area contributed by atoms with Crippen molar-refractivity contribution in [2.24, 2.45) is 0 Å². The van der Waals surface area contributed by atoms with Crippen LogP contribution < -0.4 is 9.47 Å². The van der Waals surface area contributed by atoms with E-state index in [1.807, 2.05) is 42.5 Å². The number of ether oxygens (including phenoxy) is 2. The van der Waals surface area contributed by atoms with Gasteiger partial charge in [0.2, 0.25) is 0 Å². The summed E-state index contributed by atoms with van der Waals surface area (Å²) in [5.41, 5.74) is 1.06. The minimum atomic E-state index is 0.512. The molecule has 4 heteroatoms. The summed E-state index contributed by atoms with van der Waals surface area (Å²) in [5.74, 6) is 1.70. The van der Waals surface area contributed by atoms with E-state index in [-0.39, 0.29) is 0 Å². The van der Waals surface area contributed by atoms with E-state index in [1.54, 1.807) is 7.11 Å². The van der Waals surface area contributed by atoms with Crippen molar-refractivity contribution in [3.8, 4) is 11.5 Å². The molecule has 0 heterocycles. The maximum absolute atomic E-state index is 5.74. The van der Waals surface area contributed by atoms with Gasteiger partial charge in [0.15, 0.2) is 0 Å². The van der Waals surface area contributed by atoms with Crippen LogP contribution in [0.25, 0.3) is 0 Å². The van der Waals surface area contributed by atoms with Gasteiger partial charge in [-0.1, -0.05) is 15.9 Å². The third kappa shape index (κ3) is 3.62. The Labute approximate surface area is 129 Å². The van der Waals surface area contributed by atoms with Crippen LogP contribution in [0.4, 0.5) is 0 Å². The smallest absolute Gasteiger partial charge is 0.119 e. The van der Waals surface area contributed by atoms with Crippen LogP contribution in [0.3, 0.4) is 0 Å². The highest BCUT2D eigenvalue weighted by Gasteiger charge is 2.03.